The summed E-state index contributed by atoms with van der Waals surface area (Å²) in [5, 5.41) is 0. The molecule has 0 N–H and O–H groups in total. The Bertz CT molecular complexity index is 530. The van der Waals surface area contributed by atoms with Gasteiger partial charge in [-0.25, -0.2) is 0 Å². The van der Waals surface area contributed by atoms with E-state index in [0.717, 1.165) is 50.6 Å². The van der Waals surface area contributed by atoms with Gasteiger partial charge in [0, 0.05) is 45.0 Å². The molecule has 1 fully saturated rings. The lowest BCUT2D eigenvalue weighted by Crippen LogP contribution is -2.48. The fraction of sp³-hybridized carbons (Fsp3) is 0.562. The van der Waals surface area contributed by atoms with Crippen molar-refractivity contribution in [2.24, 2.45) is 0 Å². The zero-order valence-electron chi connectivity index (χ0n) is 12.6. The summed E-state index contributed by atoms with van der Waals surface area (Å²) in [5.41, 5.74) is 1.21. The Kier molecular flexibility index (Phi) is 5.05. The lowest BCUT2D eigenvalue weighted by molar-refractivity contribution is -0.133. The lowest BCUT2D eigenvalue weighted by atomic mass is 10.1. The van der Waals surface area contributed by atoms with Crippen LogP contribution in [-0.2, 0) is 11.3 Å². The minimum Gasteiger partial charge on any atom is -0.454 e. The summed E-state index contributed by atoms with van der Waals surface area (Å²) in [6.45, 7) is 4.59. The molecular formula is C16H21ClN2O3. The normalized spacial score (nSPS) is 17.8. The van der Waals surface area contributed by atoms with Crippen molar-refractivity contribution in [3.8, 4) is 11.5 Å². The molecule has 0 unspecified atom stereocenters. The Labute approximate surface area is 135 Å². The Morgan fingerprint density at radius 2 is 1.91 bits per heavy atom. The van der Waals surface area contributed by atoms with E-state index in [0.29, 0.717) is 19.1 Å². The van der Waals surface area contributed by atoms with Crippen LogP contribution >= 0.6 is 11.6 Å². The summed E-state index contributed by atoms with van der Waals surface area (Å²) in [5.74, 6) is 2.42. The highest BCUT2D eigenvalue weighted by molar-refractivity contribution is 6.17. The molecule has 0 saturated carbocycles. The van der Waals surface area contributed by atoms with E-state index in [9.17, 15) is 4.79 Å². The molecule has 0 bridgehead atoms. The molecule has 2 heterocycles. The standard InChI is InChI=1S/C16H21ClN2O3/c17-5-1-2-16(20)19-8-6-18(7-9-19)11-13-3-4-14-15(10-13)22-12-21-14/h3-4,10H,1-2,5-9,11-12H2. The summed E-state index contributed by atoms with van der Waals surface area (Å²) in [7, 11) is 0. The van der Waals surface area contributed by atoms with Crippen molar-refractivity contribution in [1.29, 1.82) is 0 Å². The maximum absolute atomic E-state index is 12.0. The van der Waals surface area contributed by atoms with Gasteiger partial charge < -0.3 is 14.4 Å². The SMILES string of the molecule is O=C(CCCCl)N1CCN(Cc2ccc3c(c2)OCO3)CC1. The van der Waals surface area contributed by atoms with E-state index in [-0.39, 0.29) is 5.91 Å². The number of piperazine rings is 1. The van der Waals surface area contributed by atoms with E-state index < -0.39 is 0 Å². The molecule has 1 amide bonds. The monoisotopic (exact) mass is 324 g/mol. The zero-order valence-corrected chi connectivity index (χ0v) is 13.3. The first-order chi connectivity index (χ1) is 10.8. The van der Waals surface area contributed by atoms with E-state index >= 15 is 0 Å². The average molecular weight is 325 g/mol. The Hall–Kier alpha value is -1.46. The summed E-state index contributed by atoms with van der Waals surface area (Å²) < 4.78 is 10.7. The van der Waals surface area contributed by atoms with Gasteiger partial charge in [0.15, 0.2) is 11.5 Å². The van der Waals surface area contributed by atoms with Crippen LogP contribution in [0.5, 0.6) is 11.5 Å². The van der Waals surface area contributed by atoms with Gasteiger partial charge in [0.1, 0.15) is 0 Å². The van der Waals surface area contributed by atoms with Gasteiger partial charge in [0.25, 0.3) is 0 Å². The predicted molar refractivity (Wildman–Crippen MR) is 84.4 cm³/mol. The second kappa shape index (κ2) is 7.20. The second-order valence-electron chi connectivity index (χ2n) is 5.64. The second-order valence-corrected chi connectivity index (χ2v) is 6.02. The van der Waals surface area contributed by atoms with Crippen molar-refractivity contribution in [2.45, 2.75) is 19.4 Å². The highest BCUT2D eigenvalue weighted by atomic mass is 35.5. The van der Waals surface area contributed by atoms with Crippen LogP contribution in [0.25, 0.3) is 0 Å². The molecule has 1 aromatic rings. The molecule has 0 aromatic heterocycles. The molecular weight excluding hydrogens is 304 g/mol. The molecule has 5 nitrogen and oxygen atoms in total. The van der Waals surface area contributed by atoms with Crippen LogP contribution in [0.3, 0.4) is 0 Å². The molecule has 0 spiro atoms. The van der Waals surface area contributed by atoms with Crippen molar-refractivity contribution < 1.29 is 14.3 Å². The van der Waals surface area contributed by atoms with Crippen molar-refractivity contribution in [2.75, 3.05) is 38.9 Å². The molecule has 2 aliphatic rings. The number of hydrogen-bond donors (Lipinski definition) is 0. The fourth-order valence-corrected chi connectivity index (χ4v) is 2.96. The zero-order chi connectivity index (χ0) is 15.4. The molecule has 6 heteroatoms. The number of hydrogen-bond acceptors (Lipinski definition) is 4. The lowest BCUT2D eigenvalue weighted by Gasteiger charge is -2.34. The summed E-state index contributed by atoms with van der Waals surface area (Å²) >= 11 is 5.64. The van der Waals surface area contributed by atoms with E-state index in [4.69, 9.17) is 21.1 Å². The van der Waals surface area contributed by atoms with Crippen molar-refractivity contribution in [3.63, 3.8) is 0 Å². The van der Waals surface area contributed by atoms with Crippen molar-refractivity contribution >= 4 is 17.5 Å². The number of benzene rings is 1. The molecule has 22 heavy (non-hydrogen) atoms. The Morgan fingerprint density at radius 3 is 2.68 bits per heavy atom. The highest BCUT2D eigenvalue weighted by Gasteiger charge is 2.21. The number of carbonyl (C=O) groups is 1. The van der Waals surface area contributed by atoms with Crippen LogP contribution in [0.15, 0.2) is 18.2 Å². The first-order valence-corrected chi connectivity index (χ1v) is 8.24. The van der Waals surface area contributed by atoms with Gasteiger partial charge in [-0.05, 0) is 24.1 Å². The minimum absolute atomic E-state index is 0.225. The quantitative estimate of drug-likeness (QED) is 0.778. The van der Waals surface area contributed by atoms with Crippen LogP contribution in [-0.4, -0.2) is 54.6 Å². The van der Waals surface area contributed by atoms with E-state index in [1.54, 1.807) is 0 Å². The maximum atomic E-state index is 12.0. The maximum Gasteiger partial charge on any atom is 0.231 e. The fourth-order valence-electron chi connectivity index (χ4n) is 2.83. The van der Waals surface area contributed by atoms with Gasteiger partial charge in [-0.2, -0.15) is 0 Å². The number of alkyl halides is 1. The molecule has 1 saturated heterocycles. The third kappa shape index (κ3) is 3.65. The van der Waals surface area contributed by atoms with Gasteiger partial charge in [0.05, 0.1) is 0 Å². The Morgan fingerprint density at radius 1 is 1.14 bits per heavy atom. The van der Waals surface area contributed by atoms with Crippen molar-refractivity contribution in [1.82, 2.24) is 9.80 Å². The molecule has 120 valence electrons. The van der Waals surface area contributed by atoms with Crippen LogP contribution in [0.2, 0.25) is 0 Å². The van der Waals surface area contributed by atoms with E-state index in [1.165, 1.54) is 5.56 Å². The highest BCUT2D eigenvalue weighted by Crippen LogP contribution is 2.32. The molecule has 2 aliphatic heterocycles. The van der Waals surface area contributed by atoms with Gasteiger partial charge in [-0.15, -0.1) is 11.6 Å². The molecule has 1 aromatic carbocycles. The van der Waals surface area contributed by atoms with Gasteiger partial charge in [-0.3, -0.25) is 9.69 Å². The van der Waals surface area contributed by atoms with Crippen LogP contribution in [0.1, 0.15) is 18.4 Å². The van der Waals surface area contributed by atoms with Gasteiger partial charge >= 0.3 is 0 Å². The smallest absolute Gasteiger partial charge is 0.231 e. The predicted octanol–water partition coefficient (Wildman–Crippen LogP) is 2.08. The Balaban J connectivity index is 1.49. The summed E-state index contributed by atoms with van der Waals surface area (Å²) in [6, 6.07) is 6.08. The average Bonchev–Trinajstić information content (AvgIpc) is 3.01. The van der Waals surface area contributed by atoms with Crippen LogP contribution < -0.4 is 9.47 Å². The third-order valence-corrected chi connectivity index (χ3v) is 4.36. The van der Waals surface area contributed by atoms with Crippen LogP contribution in [0.4, 0.5) is 0 Å². The van der Waals surface area contributed by atoms with E-state index in [2.05, 4.69) is 11.0 Å². The van der Waals surface area contributed by atoms with E-state index in [1.807, 2.05) is 17.0 Å². The molecule has 0 radical (unpaired) electrons. The summed E-state index contributed by atoms with van der Waals surface area (Å²) in [6.07, 6.45) is 1.32. The number of carbonyl (C=O) groups excluding carboxylic acids is 1. The minimum atomic E-state index is 0.225. The number of nitrogens with zero attached hydrogens (tertiary/aromatic N) is 2. The van der Waals surface area contributed by atoms with Gasteiger partial charge in [0.2, 0.25) is 12.7 Å². The molecule has 3 rings (SSSR count). The number of halogens is 1. The van der Waals surface area contributed by atoms with Gasteiger partial charge in [-0.1, -0.05) is 6.07 Å². The summed E-state index contributed by atoms with van der Waals surface area (Å²) in [4.78, 5) is 16.3. The van der Waals surface area contributed by atoms with Crippen molar-refractivity contribution in [3.05, 3.63) is 23.8 Å². The number of ether oxygens (including phenoxy) is 2. The molecule has 0 atom stereocenters. The third-order valence-electron chi connectivity index (χ3n) is 4.09. The number of rotatable bonds is 5. The first kappa shape index (κ1) is 15.4. The van der Waals surface area contributed by atoms with Crippen LogP contribution in [0, 0.1) is 0 Å². The first-order valence-electron chi connectivity index (χ1n) is 7.71. The topological polar surface area (TPSA) is 42.0 Å². The largest absolute Gasteiger partial charge is 0.454 e. The number of fused-ring (bicyclic) bond motifs is 1. The molecule has 0 aliphatic carbocycles. The number of amides is 1.